The van der Waals surface area contributed by atoms with Crippen molar-refractivity contribution in [3.05, 3.63) is 10.6 Å². The van der Waals surface area contributed by atoms with Gasteiger partial charge in [0.05, 0.1) is 11.9 Å². The maximum atomic E-state index is 11.8. The van der Waals surface area contributed by atoms with Crippen molar-refractivity contribution >= 4 is 32.4 Å². The monoisotopic (exact) mass is 291 g/mol. The molecule has 1 aromatic heterocycles. The first-order valence-corrected chi connectivity index (χ1v) is 8.13. The fourth-order valence-electron chi connectivity index (χ4n) is 1.19. The van der Waals surface area contributed by atoms with Crippen molar-refractivity contribution < 1.29 is 13.2 Å². The number of hydrogen-bond acceptors (Lipinski definition) is 5. The molecule has 1 heterocycles. The Morgan fingerprint density at radius 1 is 1.44 bits per heavy atom. The van der Waals surface area contributed by atoms with E-state index in [1.165, 1.54) is 0 Å². The maximum absolute atomic E-state index is 11.8. The van der Waals surface area contributed by atoms with Crippen molar-refractivity contribution in [1.82, 2.24) is 10.3 Å². The summed E-state index contributed by atoms with van der Waals surface area (Å²) in [6.07, 6.45) is 1.04. The molecule has 0 aliphatic carbocycles. The SMILES string of the molecule is Cc1nc(NS(C)(=O)=O)sc1C(=O)NCC(C)C. The minimum Gasteiger partial charge on any atom is -0.351 e. The van der Waals surface area contributed by atoms with Crippen LogP contribution in [0, 0.1) is 12.8 Å². The third-order valence-corrected chi connectivity index (χ3v) is 3.71. The molecule has 0 saturated carbocycles. The van der Waals surface area contributed by atoms with Gasteiger partial charge in [0.1, 0.15) is 4.88 Å². The number of aryl methyl sites for hydroxylation is 1. The second kappa shape index (κ2) is 5.66. The topological polar surface area (TPSA) is 88.2 Å². The number of rotatable bonds is 5. The highest BCUT2D eigenvalue weighted by molar-refractivity contribution is 7.92. The Kier molecular flexibility index (Phi) is 4.69. The second-order valence-electron chi connectivity index (χ2n) is 4.41. The Bertz CT molecular complexity index is 535. The number of amides is 1. The summed E-state index contributed by atoms with van der Waals surface area (Å²) >= 11 is 1.03. The molecule has 0 spiro atoms. The van der Waals surface area contributed by atoms with Crippen molar-refractivity contribution in [2.24, 2.45) is 5.92 Å². The lowest BCUT2D eigenvalue weighted by molar-refractivity contribution is 0.0952. The predicted molar refractivity (Wildman–Crippen MR) is 72.5 cm³/mol. The van der Waals surface area contributed by atoms with Gasteiger partial charge in [0.2, 0.25) is 10.0 Å². The highest BCUT2D eigenvalue weighted by atomic mass is 32.2. The van der Waals surface area contributed by atoms with Crippen LogP contribution in [0.3, 0.4) is 0 Å². The largest absolute Gasteiger partial charge is 0.351 e. The smallest absolute Gasteiger partial charge is 0.263 e. The summed E-state index contributed by atoms with van der Waals surface area (Å²) in [5.74, 6) is 0.135. The minimum absolute atomic E-state index is 0.213. The lowest BCUT2D eigenvalue weighted by atomic mass is 10.2. The maximum Gasteiger partial charge on any atom is 0.263 e. The number of carbonyl (C=O) groups excluding carboxylic acids is 1. The fourth-order valence-corrected chi connectivity index (χ4v) is 2.90. The van der Waals surface area contributed by atoms with Gasteiger partial charge < -0.3 is 5.32 Å². The number of thiazole rings is 1. The van der Waals surface area contributed by atoms with E-state index in [0.29, 0.717) is 23.0 Å². The predicted octanol–water partition coefficient (Wildman–Crippen LogP) is 1.21. The van der Waals surface area contributed by atoms with Crippen LogP contribution in [-0.2, 0) is 10.0 Å². The van der Waals surface area contributed by atoms with Gasteiger partial charge in [0, 0.05) is 6.54 Å². The van der Waals surface area contributed by atoms with E-state index >= 15 is 0 Å². The molecular weight excluding hydrogens is 274 g/mol. The van der Waals surface area contributed by atoms with Gasteiger partial charge in [0.15, 0.2) is 5.13 Å². The molecule has 1 amide bonds. The van der Waals surface area contributed by atoms with Gasteiger partial charge in [0.25, 0.3) is 5.91 Å². The molecule has 6 nitrogen and oxygen atoms in total. The van der Waals surface area contributed by atoms with E-state index in [2.05, 4.69) is 15.0 Å². The Hall–Kier alpha value is -1.15. The van der Waals surface area contributed by atoms with Crippen LogP contribution in [0.5, 0.6) is 0 Å². The molecule has 1 rings (SSSR count). The summed E-state index contributed by atoms with van der Waals surface area (Å²) < 4.78 is 24.4. The Labute approximate surface area is 111 Å². The van der Waals surface area contributed by atoms with Crippen LogP contribution in [0.2, 0.25) is 0 Å². The molecule has 0 aromatic carbocycles. The molecule has 0 bridgehead atoms. The zero-order valence-corrected chi connectivity index (χ0v) is 12.4. The van der Waals surface area contributed by atoms with Crippen LogP contribution in [0.25, 0.3) is 0 Å². The van der Waals surface area contributed by atoms with Gasteiger partial charge in [-0.1, -0.05) is 25.2 Å². The Morgan fingerprint density at radius 2 is 2.06 bits per heavy atom. The Morgan fingerprint density at radius 3 is 2.56 bits per heavy atom. The van der Waals surface area contributed by atoms with E-state index in [1.807, 2.05) is 13.8 Å². The van der Waals surface area contributed by atoms with E-state index in [1.54, 1.807) is 6.92 Å². The highest BCUT2D eigenvalue weighted by Gasteiger charge is 2.16. The van der Waals surface area contributed by atoms with Crippen molar-refractivity contribution in [2.45, 2.75) is 20.8 Å². The first kappa shape index (κ1) is 14.9. The van der Waals surface area contributed by atoms with Crippen LogP contribution < -0.4 is 10.0 Å². The molecule has 1 aromatic rings. The van der Waals surface area contributed by atoms with E-state index in [9.17, 15) is 13.2 Å². The van der Waals surface area contributed by atoms with Crippen molar-refractivity contribution in [3.63, 3.8) is 0 Å². The molecule has 8 heteroatoms. The fraction of sp³-hybridized carbons (Fsp3) is 0.600. The number of nitrogens with one attached hydrogen (secondary N) is 2. The zero-order valence-electron chi connectivity index (χ0n) is 10.8. The third-order valence-electron chi connectivity index (χ3n) is 1.95. The normalized spacial score (nSPS) is 11.6. The number of nitrogens with zero attached hydrogens (tertiary/aromatic N) is 1. The molecule has 18 heavy (non-hydrogen) atoms. The summed E-state index contributed by atoms with van der Waals surface area (Å²) in [5.41, 5.74) is 0.521. The lowest BCUT2D eigenvalue weighted by Crippen LogP contribution is -2.27. The van der Waals surface area contributed by atoms with Gasteiger partial charge in [-0.05, 0) is 12.8 Å². The molecule has 0 unspecified atom stereocenters. The van der Waals surface area contributed by atoms with E-state index in [4.69, 9.17) is 0 Å². The van der Waals surface area contributed by atoms with E-state index in [0.717, 1.165) is 17.6 Å². The van der Waals surface area contributed by atoms with Gasteiger partial charge in [-0.25, -0.2) is 13.4 Å². The Balaban J connectivity index is 2.81. The van der Waals surface area contributed by atoms with Crippen molar-refractivity contribution in [1.29, 1.82) is 0 Å². The van der Waals surface area contributed by atoms with Crippen LogP contribution in [0.1, 0.15) is 29.2 Å². The zero-order chi connectivity index (χ0) is 13.9. The summed E-state index contributed by atoms with van der Waals surface area (Å²) in [6, 6.07) is 0. The molecular formula is C10H17N3O3S2. The quantitative estimate of drug-likeness (QED) is 0.853. The number of sulfonamides is 1. The average Bonchev–Trinajstić information content (AvgIpc) is 2.53. The molecule has 0 fully saturated rings. The molecule has 0 atom stereocenters. The highest BCUT2D eigenvalue weighted by Crippen LogP contribution is 2.23. The van der Waals surface area contributed by atoms with Crippen LogP contribution in [0.15, 0.2) is 0 Å². The van der Waals surface area contributed by atoms with Crippen LogP contribution in [-0.4, -0.2) is 32.1 Å². The summed E-state index contributed by atoms with van der Waals surface area (Å²) in [6.45, 7) is 6.24. The number of anilines is 1. The third kappa shape index (κ3) is 4.61. The molecule has 0 radical (unpaired) electrons. The van der Waals surface area contributed by atoms with Gasteiger partial charge in [-0.15, -0.1) is 0 Å². The molecule has 102 valence electrons. The van der Waals surface area contributed by atoms with Gasteiger partial charge in [-0.3, -0.25) is 9.52 Å². The molecule has 0 saturated heterocycles. The van der Waals surface area contributed by atoms with Crippen LogP contribution in [0.4, 0.5) is 5.13 Å². The number of aromatic nitrogens is 1. The molecule has 0 aliphatic rings. The van der Waals surface area contributed by atoms with Crippen molar-refractivity contribution in [3.8, 4) is 0 Å². The number of carbonyl (C=O) groups is 1. The van der Waals surface area contributed by atoms with Gasteiger partial charge in [-0.2, -0.15) is 0 Å². The first-order valence-electron chi connectivity index (χ1n) is 5.42. The first-order chi connectivity index (χ1) is 8.19. The van der Waals surface area contributed by atoms with E-state index < -0.39 is 10.0 Å². The summed E-state index contributed by atoms with van der Waals surface area (Å²) in [5, 5.41) is 2.98. The van der Waals surface area contributed by atoms with E-state index in [-0.39, 0.29) is 11.0 Å². The summed E-state index contributed by atoms with van der Waals surface area (Å²) in [4.78, 5) is 16.3. The van der Waals surface area contributed by atoms with Gasteiger partial charge >= 0.3 is 0 Å². The molecule has 0 aliphatic heterocycles. The van der Waals surface area contributed by atoms with Crippen LogP contribution >= 0.6 is 11.3 Å². The summed E-state index contributed by atoms with van der Waals surface area (Å²) in [7, 11) is -3.37. The average molecular weight is 291 g/mol. The number of hydrogen-bond donors (Lipinski definition) is 2. The standard InChI is InChI=1S/C10H17N3O3S2/c1-6(2)5-11-9(14)8-7(3)12-10(17-8)13-18(4,15)16/h6H,5H2,1-4H3,(H,11,14)(H,12,13). The van der Waals surface area contributed by atoms with Crippen molar-refractivity contribution in [2.75, 3.05) is 17.5 Å². The lowest BCUT2D eigenvalue weighted by Gasteiger charge is -2.05. The minimum atomic E-state index is -3.37. The second-order valence-corrected chi connectivity index (χ2v) is 7.16. The molecule has 2 N–H and O–H groups in total.